The lowest BCUT2D eigenvalue weighted by Crippen LogP contribution is -2.04. The second-order valence-electron chi connectivity index (χ2n) is 3.34. The largest absolute Gasteiger partial charge is 0.489 e. The molecule has 0 spiro atoms. The van der Waals surface area contributed by atoms with Crippen molar-refractivity contribution in [1.29, 1.82) is 0 Å². The Morgan fingerprint density at radius 1 is 1.44 bits per heavy atom. The molecule has 5 heteroatoms. The first kappa shape index (κ1) is 12.3. The molecule has 0 heterocycles. The Morgan fingerprint density at radius 2 is 2.19 bits per heavy atom. The molecule has 0 aliphatic rings. The van der Waals surface area contributed by atoms with E-state index in [1.807, 2.05) is 0 Å². The van der Waals surface area contributed by atoms with E-state index in [0.29, 0.717) is 17.9 Å². The zero-order valence-corrected chi connectivity index (χ0v) is 8.85. The number of hydrogen-bond donors (Lipinski definition) is 3. The summed E-state index contributed by atoms with van der Waals surface area (Å²) in [5.74, 6) is -0.327. The molecule has 0 amide bonds. The fourth-order valence-corrected chi connectivity index (χ4v) is 1.29. The Hall–Kier alpha value is -1.75. The molecular formula is C11H15NO4. The number of hydrogen-bond acceptors (Lipinski definition) is 4. The van der Waals surface area contributed by atoms with E-state index in [9.17, 15) is 4.79 Å². The number of carbonyl (C=O) groups is 1. The SMILES string of the molecule is Nc1cc(CCC(=O)O)ccc1OCCO. The molecule has 0 aliphatic heterocycles. The Balaban J connectivity index is 2.63. The van der Waals surface area contributed by atoms with Crippen molar-refractivity contribution in [3.8, 4) is 5.75 Å². The average molecular weight is 225 g/mol. The number of rotatable bonds is 6. The normalized spacial score (nSPS) is 10.1. The quantitative estimate of drug-likeness (QED) is 0.618. The van der Waals surface area contributed by atoms with Crippen LogP contribution < -0.4 is 10.5 Å². The first-order valence-electron chi connectivity index (χ1n) is 4.97. The maximum atomic E-state index is 10.4. The first-order chi connectivity index (χ1) is 7.63. The van der Waals surface area contributed by atoms with Crippen LogP contribution in [0.4, 0.5) is 5.69 Å². The number of aliphatic hydroxyl groups excluding tert-OH is 1. The highest BCUT2D eigenvalue weighted by molar-refractivity contribution is 5.67. The summed E-state index contributed by atoms with van der Waals surface area (Å²) < 4.78 is 5.18. The molecule has 0 aromatic heterocycles. The van der Waals surface area contributed by atoms with Crippen molar-refractivity contribution in [2.45, 2.75) is 12.8 Å². The minimum absolute atomic E-state index is 0.0692. The fraction of sp³-hybridized carbons (Fsp3) is 0.364. The van der Waals surface area contributed by atoms with Crippen molar-refractivity contribution in [2.24, 2.45) is 0 Å². The summed E-state index contributed by atoms with van der Waals surface area (Å²) in [5.41, 5.74) is 7.03. The summed E-state index contributed by atoms with van der Waals surface area (Å²) in [6.07, 6.45) is 0.524. The number of ether oxygens (including phenoxy) is 1. The Morgan fingerprint density at radius 3 is 2.75 bits per heavy atom. The maximum absolute atomic E-state index is 10.4. The van der Waals surface area contributed by atoms with Crippen molar-refractivity contribution in [3.63, 3.8) is 0 Å². The van der Waals surface area contributed by atoms with Crippen molar-refractivity contribution in [3.05, 3.63) is 23.8 Å². The molecule has 0 saturated heterocycles. The summed E-state index contributed by atoms with van der Waals surface area (Å²) in [6, 6.07) is 5.14. The molecule has 0 aliphatic carbocycles. The van der Waals surface area contributed by atoms with E-state index in [2.05, 4.69) is 0 Å². The molecule has 1 aromatic carbocycles. The number of nitrogen functional groups attached to an aromatic ring is 1. The van der Waals surface area contributed by atoms with Crippen molar-refractivity contribution in [2.75, 3.05) is 18.9 Å². The van der Waals surface area contributed by atoms with Crippen LogP contribution in [0, 0.1) is 0 Å². The molecule has 0 atom stereocenters. The van der Waals surface area contributed by atoms with E-state index in [0.717, 1.165) is 5.56 Å². The molecular weight excluding hydrogens is 210 g/mol. The maximum Gasteiger partial charge on any atom is 0.303 e. The second-order valence-corrected chi connectivity index (χ2v) is 3.34. The van der Waals surface area contributed by atoms with Gasteiger partial charge < -0.3 is 20.7 Å². The van der Waals surface area contributed by atoms with Crippen molar-refractivity contribution < 1.29 is 19.7 Å². The van der Waals surface area contributed by atoms with E-state index >= 15 is 0 Å². The number of benzene rings is 1. The third kappa shape index (κ3) is 3.78. The molecule has 0 unspecified atom stereocenters. The van der Waals surface area contributed by atoms with Gasteiger partial charge >= 0.3 is 5.97 Å². The van der Waals surface area contributed by atoms with Gasteiger partial charge in [-0.05, 0) is 24.1 Å². The minimum Gasteiger partial charge on any atom is -0.489 e. The molecule has 1 aromatic rings. The molecule has 5 nitrogen and oxygen atoms in total. The Labute approximate surface area is 93.5 Å². The lowest BCUT2D eigenvalue weighted by molar-refractivity contribution is -0.136. The summed E-state index contributed by atoms with van der Waals surface area (Å²) in [5, 5.41) is 17.1. The van der Waals surface area contributed by atoms with Gasteiger partial charge in [0.05, 0.1) is 12.3 Å². The number of nitrogens with two attached hydrogens (primary N) is 1. The summed E-state index contributed by atoms with van der Waals surface area (Å²) >= 11 is 0. The van der Waals surface area contributed by atoms with Gasteiger partial charge in [0.2, 0.25) is 0 Å². The van der Waals surface area contributed by atoms with E-state index < -0.39 is 5.97 Å². The fourth-order valence-electron chi connectivity index (χ4n) is 1.29. The summed E-state index contributed by atoms with van der Waals surface area (Å²) in [7, 11) is 0. The first-order valence-corrected chi connectivity index (χ1v) is 4.97. The standard InChI is InChI=1S/C11H15NO4/c12-9-7-8(2-4-11(14)15)1-3-10(9)16-6-5-13/h1,3,7,13H,2,4-6,12H2,(H,14,15). The minimum atomic E-state index is -0.834. The summed E-state index contributed by atoms with van der Waals surface area (Å²) in [4.78, 5) is 10.4. The van der Waals surface area contributed by atoms with Gasteiger partial charge in [0.25, 0.3) is 0 Å². The van der Waals surface area contributed by atoms with Gasteiger partial charge in [0.15, 0.2) is 0 Å². The number of carboxylic acids is 1. The molecule has 0 radical (unpaired) electrons. The molecule has 4 N–H and O–H groups in total. The van der Waals surface area contributed by atoms with Gasteiger partial charge in [-0.2, -0.15) is 0 Å². The smallest absolute Gasteiger partial charge is 0.303 e. The third-order valence-electron chi connectivity index (χ3n) is 2.05. The highest BCUT2D eigenvalue weighted by atomic mass is 16.5. The molecule has 16 heavy (non-hydrogen) atoms. The molecule has 0 bridgehead atoms. The van der Waals surface area contributed by atoms with Crippen molar-refractivity contribution in [1.82, 2.24) is 0 Å². The zero-order chi connectivity index (χ0) is 12.0. The van der Waals surface area contributed by atoms with Gasteiger partial charge in [-0.1, -0.05) is 6.07 Å². The van der Waals surface area contributed by atoms with Crippen LogP contribution in [0.25, 0.3) is 0 Å². The molecule has 88 valence electrons. The number of anilines is 1. The van der Waals surface area contributed by atoms with Crippen LogP contribution >= 0.6 is 0 Å². The number of carboxylic acid groups (broad SMARTS) is 1. The Bertz CT molecular complexity index is 365. The average Bonchev–Trinajstić information content (AvgIpc) is 2.25. The highest BCUT2D eigenvalue weighted by Crippen LogP contribution is 2.23. The number of aliphatic hydroxyl groups is 1. The van der Waals surface area contributed by atoms with Crippen LogP contribution in [0.15, 0.2) is 18.2 Å². The predicted octanol–water partition coefficient (Wildman–Crippen LogP) is 0.657. The van der Waals surface area contributed by atoms with Gasteiger partial charge in [0.1, 0.15) is 12.4 Å². The third-order valence-corrected chi connectivity index (χ3v) is 2.05. The molecule has 0 saturated carbocycles. The Kier molecular flexibility index (Phi) is 4.60. The van der Waals surface area contributed by atoms with Crippen LogP contribution in [0.1, 0.15) is 12.0 Å². The van der Waals surface area contributed by atoms with Crippen LogP contribution in [0.3, 0.4) is 0 Å². The van der Waals surface area contributed by atoms with E-state index in [1.54, 1.807) is 18.2 Å². The van der Waals surface area contributed by atoms with Crippen LogP contribution in [0.2, 0.25) is 0 Å². The predicted molar refractivity (Wildman–Crippen MR) is 59.4 cm³/mol. The van der Waals surface area contributed by atoms with Gasteiger partial charge in [0, 0.05) is 6.42 Å². The van der Waals surface area contributed by atoms with Crippen LogP contribution in [-0.2, 0) is 11.2 Å². The van der Waals surface area contributed by atoms with Gasteiger partial charge in [-0.15, -0.1) is 0 Å². The van der Waals surface area contributed by atoms with E-state index in [1.165, 1.54) is 0 Å². The van der Waals surface area contributed by atoms with Gasteiger partial charge in [-0.3, -0.25) is 4.79 Å². The highest BCUT2D eigenvalue weighted by Gasteiger charge is 2.03. The van der Waals surface area contributed by atoms with Crippen LogP contribution in [-0.4, -0.2) is 29.4 Å². The van der Waals surface area contributed by atoms with E-state index in [4.69, 9.17) is 20.7 Å². The van der Waals surface area contributed by atoms with Crippen molar-refractivity contribution >= 4 is 11.7 Å². The monoisotopic (exact) mass is 225 g/mol. The van der Waals surface area contributed by atoms with E-state index in [-0.39, 0.29) is 19.6 Å². The lowest BCUT2D eigenvalue weighted by atomic mass is 10.1. The number of aliphatic carboxylic acids is 1. The van der Waals surface area contributed by atoms with Gasteiger partial charge in [-0.25, -0.2) is 0 Å². The van der Waals surface area contributed by atoms with Crippen LogP contribution in [0.5, 0.6) is 5.75 Å². The topological polar surface area (TPSA) is 92.8 Å². The lowest BCUT2D eigenvalue weighted by Gasteiger charge is -2.08. The summed E-state index contributed by atoms with van der Waals surface area (Å²) in [6.45, 7) is 0.124. The molecule has 0 fully saturated rings. The number of aryl methyl sites for hydroxylation is 1. The second kappa shape index (κ2) is 5.97. The molecule has 1 rings (SSSR count). The zero-order valence-electron chi connectivity index (χ0n) is 8.85.